The summed E-state index contributed by atoms with van der Waals surface area (Å²) in [5.41, 5.74) is 2.89. The SMILES string of the molecule is COc1ccc(-c2ccc(C(=O)NCc3cc4n(n3)CCCNC4)o2)cc1.Cl. The van der Waals surface area contributed by atoms with E-state index in [2.05, 4.69) is 15.7 Å². The third-order valence-electron chi connectivity index (χ3n) is 4.58. The van der Waals surface area contributed by atoms with Crippen LogP contribution in [0.2, 0.25) is 0 Å². The van der Waals surface area contributed by atoms with Crippen LogP contribution in [0.4, 0.5) is 0 Å². The first-order valence-electron chi connectivity index (χ1n) is 9.02. The van der Waals surface area contributed by atoms with Crippen molar-refractivity contribution in [3.63, 3.8) is 0 Å². The van der Waals surface area contributed by atoms with E-state index < -0.39 is 0 Å². The van der Waals surface area contributed by atoms with Gasteiger partial charge in [-0.3, -0.25) is 9.48 Å². The summed E-state index contributed by atoms with van der Waals surface area (Å²) in [6.07, 6.45) is 1.06. The number of hydrogen-bond donors (Lipinski definition) is 2. The number of nitrogens with one attached hydrogen (secondary N) is 2. The van der Waals surface area contributed by atoms with E-state index in [1.165, 1.54) is 0 Å². The first kappa shape index (κ1) is 20.0. The molecule has 8 heteroatoms. The van der Waals surface area contributed by atoms with Gasteiger partial charge in [0, 0.05) is 18.7 Å². The number of ether oxygens (including phenoxy) is 1. The summed E-state index contributed by atoms with van der Waals surface area (Å²) in [7, 11) is 1.62. The van der Waals surface area contributed by atoms with Crippen molar-refractivity contribution in [3.05, 3.63) is 59.6 Å². The summed E-state index contributed by atoms with van der Waals surface area (Å²) in [5, 5.41) is 10.8. The molecule has 0 bridgehead atoms. The third-order valence-corrected chi connectivity index (χ3v) is 4.58. The molecular formula is C20H23ClN4O3. The molecule has 28 heavy (non-hydrogen) atoms. The summed E-state index contributed by atoms with van der Waals surface area (Å²) in [5.74, 6) is 1.44. The molecule has 4 rings (SSSR count). The van der Waals surface area contributed by atoms with E-state index in [0.29, 0.717) is 12.3 Å². The Morgan fingerprint density at radius 3 is 2.89 bits per heavy atom. The second-order valence-electron chi connectivity index (χ2n) is 6.46. The van der Waals surface area contributed by atoms with E-state index in [-0.39, 0.29) is 24.1 Å². The predicted molar refractivity (Wildman–Crippen MR) is 108 cm³/mol. The zero-order valence-electron chi connectivity index (χ0n) is 15.6. The van der Waals surface area contributed by atoms with Crippen LogP contribution in [0, 0.1) is 0 Å². The van der Waals surface area contributed by atoms with E-state index in [1.54, 1.807) is 19.2 Å². The number of aromatic nitrogens is 2. The Morgan fingerprint density at radius 2 is 2.11 bits per heavy atom. The Kier molecular flexibility index (Phi) is 6.38. The molecule has 148 valence electrons. The first-order valence-corrected chi connectivity index (χ1v) is 9.02. The Balaban J connectivity index is 0.00000225. The molecule has 0 radical (unpaired) electrons. The van der Waals surface area contributed by atoms with Gasteiger partial charge in [-0.15, -0.1) is 12.4 Å². The van der Waals surface area contributed by atoms with Crippen molar-refractivity contribution in [2.75, 3.05) is 13.7 Å². The smallest absolute Gasteiger partial charge is 0.287 e. The molecule has 3 aromatic rings. The number of aryl methyl sites for hydroxylation is 1. The monoisotopic (exact) mass is 402 g/mol. The van der Waals surface area contributed by atoms with Gasteiger partial charge in [-0.05, 0) is 55.4 Å². The zero-order chi connectivity index (χ0) is 18.6. The zero-order valence-corrected chi connectivity index (χ0v) is 16.4. The van der Waals surface area contributed by atoms with Gasteiger partial charge in [-0.25, -0.2) is 0 Å². The number of furan rings is 1. The van der Waals surface area contributed by atoms with Crippen molar-refractivity contribution >= 4 is 18.3 Å². The number of methoxy groups -OCH3 is 1. The molecule has 1 aromatic carbocycles. The number of hydrogen-bond acceptors (Lipinski definition) is 5. The van der Waals surface area contributed by atoms with Crippen molar-refractivity contribution in [2.45, 2.75) is 26.1 Å². The van der Waals surface area contributed by atoms with E-state index >= 15 is 0 Å². The summed E-state index contributed by atoms with van der Waals surface area (Å²) in [6.45, 7) is 3.09. The van der Waals surface area contributed by atoms with Crippen LogP contribution in [0.5, 0.6) is 5.75 Å². The third kappa shape index (κ3) is 4.37. The van der Waals surface area contributed by atoms with Crippen LogP contribution in [-0.2, 0) is 19.6 Å². The van der Waals surface area contributed by atoms with Gasteiger partial charge in [0.15, 0.2) is 5.76 Å². The maximum atomic E-state index is 12.4. The van der Waals surface area contributed by atoms with Gasteiger partial charge in [0.2, 0.25) is 0 Å². The minimum Gasteiger partial charge on any atom is -0.497 e. The highest BCUT2D eigenvalue weighted by Crippen LogP contribution is 2.24. The van der Waals surface area contributed by atoms with Crippen molar-refractivity contribution in [1.29, 1.82) is 0 Å². The Hall–Kier alpha value is -2.77. The molecule has 1 aliphatic heterocycles. The lowest BCUT2D eigenvalue weighted by molar-refractivity contribution is 0.0923. The van der Waals surface area contributed by atoms with Crippen LogP contribution in [0.25, 0.3) is 11.3 Å². The van der Waals surface area contributed by atoms with Crippen LogP contribution >= 0.6 is 12.4 Å². The highest BCUT2D eigenvalue weighted by Gasteiger charge is 2.14. The summed E-state index contributed by atoms with van der Waals surface area (Å²) >= 11 is 0. The van der Waals surface area contributed by atoms with Crippen LogP contribution in [0.1, 0.15) is 28.4 Å². The molecule has 2 aromatic heterocycles. The highest BCUT2D eigenvalue weighted by atomic mass is 35.5. The fourth-order valence-electron chi connectivity index (χ4n) is 3.14. The van der Waals surface area contributed by atoms with Gasteiger partial charge in [0.25, 0.3) is 5.91 Å². The predicted octanol–water partition coefficient (Wildman–Crippen LogP) is 3.00. The fourth-order valence-corrected chi connectivity index (χ4v) is 3.14. The van der Waals surface area contributed by atoms with Crippen molar-refractivity contribution in [3.8, 4) is 17.1 Å². The van der Waals surface area contributed by atoms with Gasteiger partial charge in [0.05, 0.1) is 25.0 Å². The lowest BCUT2D eigenvalue weighted by atomic mass is 10.2. The number of fused-ring (bicyclic) bond motifs is 1. The number of amides is 1. The molecular weight excluding hydrogens is 380 g/mol. The van der Waals surface area contributed by atoms with Crippen LogP contribution in [0.3, 0.4) is 0 Å². The molecule has 1 amide bonds. The molecule has 1 aliphatic rings. The second kappa shape index (κ2) is 8.95. The molecule has 2 N–H and O–H groups in total. The maximum Gasteiger partial charge on any atom is 0.287 e. The van der Waals surface area contributed by atoms with Crippen LogP contribution in [0.15, 0.2) is 46.9 Å². The lowest BCUT2D eigenvalue weighted by Crippen LogP contribution is -2.22. The molecule has 3 heterocycles. The standard InChI is InChI=1S/C20H22N4O3.ClH/c1-26-17-5-3-14(4-6-17)18-7-8-19(27-18)20(25)22-12-15-11-16-13-21-9-2-10-24(16)23-15;/h3-8,11,21H,2,9-10,12-13H2,1H3,(H,22,25);1H. The van der Waals surface area contributed by atoms with Gasteiger partial charge in [-0.2, -0.15) is 5.10 Å². The van der Waals surface area contributed by atoms with Crippen molar-refractivity contribution < 1.29 is 13.9 Å². The molecule has 0 saturated heterocycles. The molecule has 0 saturated carbocycles. The van der Waals surface area contributed by atoms with Crippen molar-refractivity contribution in [1.82, 2.24) is 20.4 Å². The van der Waals surface area contributed by atoms with E-state index in [4.69, 9.17) is 9.15 Å². The molecule has 0 aliphatic carbocycles. The molecule has 0 fully saturated rings. The van der Waals surface area contributed by atoms with Crippen LogP contribution in [-0.4, -0.2) is 29.3 Å². The molecule has 0 spiro atoms. The minimum atomic E-state index is -0.254. The number of carbonyl (C=O) groups is 1. The van der Waals surface area contributed by atoms with Gasteiger partial charge < -0.3 is 19.8 Å². The highest BCUT2D eigenvalue weighted by molar-refractivity contribution is 5.92. The maximum absolute atomic E-state index is 12.4. The first-order chi connectivity index (χ1) is 13.2. The van der Waals surface area contributed by atoms with Gasteiger partial charge >= 0.3 is 0 Å². The Morgan fingerprint density at radius 1 is 1.29 bits per heavy atom. The largest absolute Gasteiger partial charge is 0.497 e. The quantitative estimate of drug-likeness (QED) is 0.685. The van der Waals surface area contributed by atoms with E-state index in [9.17, 15) is 4.79 Å². The molecule has 7 nitrogen and oxygen atoms in total. The van der Waals surface area contributed by atoms with Gasteiger partial charge in [-0.1, -0.05) is 0 Å². The van der Waals surface area contributed by atoms with Crippen LogP contribution < -0.4 is 15.4 Å². The number of nitrogens with zero attached hydrogens (tertiary/aromatic N) is 2. The minimum absolute atomic E-state index is 0. The average Bonchev–Trinajstić information content (AvgIpc) is 3.29. The Bertz CT molecular complexity index is 910. The Labute approximate surface area is 169 Å². The molecule has 0 atom stereocenters. The summed E-state index contributed by atoms with van der Waals surface area (Å²) in [6, 6.07) is 13.0. The molecule has 0 unspecified atom stereocenters. The number of carbonyl (C=O) groups excluding carboxylic acids is 1. The van der Waals surface area contributed by atoms with Gasteiger partial charge in [0.1, 0.15) is 11.5 Å². The number of benzene rings is 1. The van der Waals surface area contributed by atoms with E-state index in [1.807, 2.05) is 35.0 Å². The summed E-state index contributed by atoms with van der Waals surface area (Å²) < 4.78 is 12.9. The lowest BCUT2D eigenvalue weighted by Gasteiger charge is -2.02. The fraction of sp³-hybridized carbons (Fsp3) is 0.300. The topological polar surface area (TPSA) is 81.3 Å². The second-order valence-corrected chi connectivity index (χ2v) is 6.46. The normalized spacial score (nSPS) is 13.2. The number of rotatable bonds is 5. The number of halogens is 1. The van der Waals surface area contributed by atoms with Crippen molar-refractivity contribution in [2.24, 2.45) is 0 Å². The van der Waals surface area contributed by atoms with E-state index in [0.717, 1.165) is 48.8 Å². The average molecular weight is 403 g/mol. The summed E-state index contributed by atoms with van der Waals surface area (Å²) in [4.78, 5) is 12.4.